The van der Waals surface area contributed by atoms with Crippen molar-refractivity contribution in [3.63, 3.8) is 0 Å². The maximum Gasteiger partial charge on any atom is 0.141 e. The smallest absolute Gasteiger partial charge is 0.141 e. The highest BCUT2D eigenvalue weighted by molar-refractivity contribution is 5.34. The Morgan fingerprint density at radius 1 is 1.06 bits per heavy atom. The first-order valence-corrected chi connectivity index (χ1v) is 6.23. The quantitative estimate of drug-likeness (QED) is 0.824. The Morgan fingerprint density at radius 2 is 1.75 bits per heavy atom. The van der Waals surface area contributed by atoms with Crippen LogP contribution in [0.25, 0.3) is 0 Å². The summed E-state index contributed by atoms with van der Waals surface area (Å²) in [6.45, 7) is 0. The lowest BCUT2D eigenvalue weighted by Crippen LogP contribution is -2.21. The van der Waals surface area contributed by atoms with Gasteiger partial charge in [-0.05, 0) is 25.0 Å². The number of anilines is 1. The number of rotatable bonds is 2. The molecule has 1 aromatic heterocycles. The fourth-order valence-corrected chi connectivity index (χ4v) is 2.27. The lowest BCUT2D eigenvalue weighted by atomic mass is 9.97. The largest absolute Gasteiger partial charge is 0.367 e. The highest BCUT2D eigenvalue weighted by atomic mass is 19.1. The number of halogens is 1. The Balaban J connectivity index is 1.89. The molecule has 0 aliphatic heterocycles. The van der Waals surface area contributed by atoms with Crippen molar-refractivity contribution >= 4 is 5.82 Å². The first-order valence-electron chi connectivity index (χ1n) is 6.23. The van der Waals surface area contributed by atoms with E-state index < -0.39 is 0 Å². The highest BCUT2D eigenvalue weighted by Gasteiger charge is 2.11. The molecule has 1 aliphatic rings. The van der Waals surface area contributed by atoms with Crippen LogP contribution in [0.2, 0.25) is 0 Å². The van der Waals surface area contributed by atoms with Crippen LogP contribution in [0.1, 0.15) is 44.9 Å². The molecule has 0 unspecified atom stereocenters. The lowest BCUT2D eigenvalue weighted by molar-refractivity contribution is 0.470. The maximum atomic E-state index is 12.7. The van der Waals surface area contributed by atoms with Crippen LogP contribution in [0.3, 0.4) is 0 Å². The molecule has 1 heterocycles. The third-order valence-electron chi connectivity index (χ3n) is 3.18. The SMILES string of the molecule is Fc1ccc(NC2CCCCCCC2)nc1. The van der Waals surface area contributed by atoms with Crippen LogP contribution >= 0.6 is 0 Å². The molecular formula is C13H19FN2. The number of hydrogen-bond acceptors (Lipinski definition) is 2. The summed E-state index contributed by atoms with van der Waals surface area (Å²) in [6, 6.07) is 3.69. The number of nitrogens with zero attached hydrogens (tertiary/aromatic N) is 1. The first kappa shape index (κ1) is 11.4. The van der Waals surface area contributed by atoms with Gasteiger partial charge in [0.1, 0.15) is 11.6 Å². The van der Waals surface area contributed by atoms with Gasteiger partial charge in [-0.15, -0.1) is 0 Å². The molecule has 1 saturated carbocycles. The third-order valence-corrected chi connectivity index (χ3v) is 3.18. The summed E-state index contributed by atoms with van der Waals surface area (Å²) < 4.78 is 12.7. The topological polar surface area (TPSA) is 24.9 Å². The standard InChI is InChI=1S/C13H19FN2/c14-11-8-9-13(15-10-11)16-12-6-4-2-1-3-5-7-12/h8-10,12H,1-7H2,(H,15,16). The third kappa shape index (κ3) is 3.47. The van der Waals surface area contributed by atoms with Crippen LogP contribution in [0, 0.1) is 5.82 Å². The molecule has 1 aromatic rings. The van der Waals surface area contributed by atoms with Gasteiger partial charge in [-0.25, -0.2) is 9.37 Å². The highest BCUT2D eigenvalue weighted by Crippen LogP contribution is 2.19. The summed E-state index contributed by atoms with van der Waals surface area (Å²) in [4.78, 5) is 4.04. The molecule has 88 valence electrons. The van der Waals surface area contributed by atoms with E-state index in [2.05, 4.69) is 10.3 Å². The fourth-order valence-electron chi connectivity index (χ4n) is 2.27. The second-order valence-corrected chi connectivity index (χ2v) is 4.55. The van der Waals surface area contributed by atoms with Crippen molar-refractivity contribution < 1.29 is 4.39 Å². The van der Waals surface area contributed by atoms with Crippen LogP contribution in [-0.2, 0) is 0 Å². The van der Waals surface area contributed by atoms with Gasteiger partial charge in [0.15, 0.2) is 0 Å². The molecule has 1 fully saturated rings. The molecule has 0 amide bonds. The van der Waals surface area contributed by atoms with Crippen LogP contribution in [-0.4, -0.2) is 11.0 Å². The van der Waals surface area contributed by atoms with Gasteiger partial charge in [-0.3, -0.25) is 0 Å². The van der Waals surface area contributed by atoms with E-state index in [4.69, 9.17) is 0 Å². The Labute approximate surface area is 96.3 Å². The summed E-state index contributed by atoms with van der Waals surface area (Å²) in [5, 5.41) is 3.40. The van der Waals surface area contributed by atoms with E-state index >= 15 is 0 Å². The van der Waals surface area contributed by atoms with Crippen LogP contribution in [0.15, 0.2) is 18.3 Å². The van der Waals surface area contributed by atoms with Crippen molar-refractivity contribution in [2.75, 3.05) is 5.32 Å². The first-order chi connectivity index (χ1) is 7.84. The van der Waals surface area contributed by atoms with E-state index in [-0.39, 0.29) is 5.82 Å². The Morgan fingerprint density at radius 3 is 2.38 bits per heavy atom. The molecule has 3 heteroatoms. The van der Waals surface area contributed by atoms with Crippen molar-refractivity contribution in [3.05, 3.63) is 24.1 Å². The number of pyridine rings is 1. The van der Waals surface area contributed by atoms with Gasteiger partial charge in [0, 0.05) is 6.04 Å². The zero-order chi connectivity index (χ0) is 11.2. The van der Waals surface area contributed by atoms with Gasteiger partial charge in [0.25, 0.3) is 0 Å². The summed E-state index contributed by atoms with van der Waals surface area (Å²) in [6.07, 6.45) is 10.3. The summed E-state index contributed by atoms with van der Waals surface area (Å²) in [5.41, 5.74) is 0. The predicted octanol–water partition coefficient (Wildman–Crippen LogP) is 3.75. The Kier molecular flexibility index (Phi) is 4.14. The van der Waals surface area contributed by atoms with Crippen LogP contribution < -0.4 is 5.32 Å². The van der Waals surface area contributed by atoms with E-state index in [0.717, 1.165) is 5.82 Å². The molecule has 0 aromatic carbocycles. The van der Waals surface area contributed by atoms with Gasteiger partial charge < -0.3 is 5.32 Å². The normalized spacial score (nSPS) is 18.8. The Hall–Kier alpha value is -1.12. The van der Waals surface area contributed by atoms with Gasteiger partial charge in [-0.2, -0.15) is 0 Å². The molecule has 0 spiro atoms. The monoisotopic (exact) mass is 222 g/mol. The molecule has 1 N–H and O–H groups in total. The van der Waals surface area contributed by atoms with Crippen molar-refractivity contribution in [2.24, 2.45) is 0 Å². The average molecular weight is 222 g/mol. The van der Waals surface area contributed by atoms with Gasteiger partial charge >= 0.3 is 0 Å². The zero-order valence-electron chi connectivity index (χ0n) is 9.58. The van der Waals surface area contributed by atoms with E-state index in [0.29, 0.717) is 6.04 Å². The van der Waals surface area contributed by atoms with Crippen LogP contribution in [0.5, 0.6) is 0 Å². The molecule has 0 saturated heterocycles. The molecule has 0 atom stereocenters. The minimum Gasteiger partial charge on any atom is -0.367 e. The molecule has 1 aliphatic carbocycles. The van der Waals surface area contributed by atoms with Crippen molar-refractivity contribution in [1.82, 2.24) is 4.98 Å². The number of aromatic nitrogens is 1. The summed E-state index contributed by atoms with van der Waals surface area (Å²) in [7, 11) is 0. The lowest BCUT2D eigenvalue weighted by Gasteiger charge is -2.21. The van der Waals surface area contributed by atoms with Crippen molar-refractivity contribution in [2.45, 2.75) is 51.0 Å². The molecule has 0 radical (unpaired) electrons. The second-order valence-electron chi connectivity index (χ2n) is 4.55. The van der Waals surface area contributed by atoms with Crippen LogP contribution in [0.4, 0.5) is 10.2 Å². The van der Waals surface area contributed by atoms with Crippen molar-refractivity contribution in [3.8, 4) is 0 Å². The Bertz CT molecular complexity index is 302. The predicted molar refractivity (Wildman–Crippen MR) is 63.9 cm³/mol. The summed E-state index contributed by atoms with van der Waals surface area (Å²) in [5.74, 6) is 0.523. The average Bonchev–Trinajstić information content (AvgIpc) is 2.25. The zero-order valence-corrected chi connectivity index (χ0v) is 9.58. The molecule has 0 bridgehead atoms. The van der Waals surface area contributed by atoms with E-state index in [1.54, 1.807) is 6.07 Å². The van der Waals surface area contributed by atoms with E-state index in [1.807, 2.05) is 0 Å². The fraction of sp³-hybridized carbons (Fsp3) is 0.615. The number of hydrogen-bond donors (Lipinski definition) is 1. The van der Waals surface area contributed by atoms with E-state index in [1.165, 1.54) is 57.2 Å². The van der Waals surface area contributed by atoms with Gasteiger partial charge in [0.2, 0.25) is 0 Å². The van der Waals surface area contributed by atoms with Gasteiger partial charge in [-0.1, -0.05) is 32.1 Å². The molecule has 16 heavy (non-hydrogen) atoms. The van der Waals surface area contributed by atoms with E-state index in [9.17, 15) is 4.39 Å². The van der Waals surface area contributed by atoms with Crippen molar-refractivity contribution in [1.29, 1.82) is 0 Å². The summed E-state index contributed by atoms with van der Waals surface area (Å²) >= 11 is 0. The van der Waals surface area contributed by atoms with Gasteiger partial charge in [0.05, 0.1) is 6.20 Å². The minimum absolute atomic E-state index is 0.275. The molecule has 2 rings (SSSR count). The number of nitrogens with one attached hydrogen (secondary N) is 1. The molecule has 2 nitrogen and oxygen atoms in total. The second kappa shape index (κ2) is 5.83. The maximum absolute atomic E-state index is 12.7. The minimum atomic E-state index is -0.275. The molecular weight excluding hydrogens is 203 g/mol.